The number of hydrogen-bond acceptors (Lipinski definition) is 8. The Morgan fingerprint density at radius 3 is 2.66 bits per heavy atom. The van der Waals surface area contributed by atoms with E-state index in [0.717, 1.165) is 37.0 Å². The van der Waals surface area contributed by atoms with Gasteiger partial charge in [-0.25, -0.2) is 4.79 Å². The first-order valence-electron chi connectivity index (χ1n) is 11.0. The van der Waals surface area contributed by atoms with E-state index in [0.29, 0.717) is 42.2 Å². The summed E-state index contributed by atoms with van der Waals surface area (Å²) in [5.74, 6) is 2.35. The predicted molar refractivity (Wildman–Crippen MR) is 120 cm³/mol. The minimum Gasteiger partial charge on any atom is -0.486 e. The summed E-state index contributed by atoms with van der Waals surface area (Å²) in [6.45, 7) is 3.02. The molecule has 2 N–H and O–H groups in total. The Balaban J connectivity index is 1.10. The highest BCUT2D eigenvalue weighted by Crippen LogP contribution is 2.41. The second-order valence-electron chi connectivity index (χ2n) is 8.04. The Morgan fingerprint density at radius 2 is 1.88 bits per heavy atom. The highest BCUT2D eigenvalue weighted by atomic mass is 32.2. The zero-order valence-corrected chi connectivity index (χ0v) is 18.5. The first-order valence-corrected chi connectivity index (χ1v) is 12.0. The summed E-state index contributed by atoms with van der Waals surface area (Å²) >= 11 is 1.51. The van der Waals surface area contributed by atoms with Gasteiger partial charge in [-0.2, -0.15) is 0 Å². The van der Waals surface area contributed by atoms with E-state index in [1.165, 1.54) is 24.6 Å². The number of benzene rings is 1. The third kappa shape index (κ3) is 4.77. The molecule has 0 radical (unpaired) electrons. The third-order valence-corrected chi connectivity index (χ3v) is 6.51. The molecule has 0 atom stereocenters. The lowest BCUT2D eigenvalue weighted by Gasteiger charge is -2.19. The molecule has 32 heavy (non-hydrogen) atoms. The second kappa shape index (κ2) is 9.27. The molecule has 1 aliphatic carbocycles. The number of nitrogens with zero attached hydrogens (tertiary/aromatic N) is 4. The number of thioether (sulfide) groups is 1. The number of urea groups is 1. The molecule has 3 amide bonds. The number of ether oxygens (including phenoxy) is 2. The molecule has 0 spiro atoms. The second-order valence-corrected chi connectivity index (χ2v) is 9.10. The number of anilines is 2. The van der Waals surface area contributed by atoms with Gasteiger partial charge in [0.15, 0.2) is 16.7 Å². The number of imide groups is 1. The normalized spacial score (nSPS) is 17.3. The Bertz CT molecular complexity index is 1000. The van der Waals surface area contributed by atoms with E-state index < -0.39 is 6.03 Å². The van der Waals surface area contributed by atoms with E-state index >= 15 is 0 Å². The van der Waals surface area contributed by atoms with Gasteiger partial charge in [-0.15, -0.1) is 10.2 Å². The molecule has 3 aliphatic rings. The van der Waals surface area contributed by atoms with Crippen molar-refractivity contribution < 1.29 is 19.1 Å². The standard InChI is InChI=1S/C21H26N6O4S/c28-18(23-19(29)22-14-3-6-16-17(13-14)31-11-10-30-16)7-12-32-21-25-24-20(26-8-1-2-9-26)27(21)15-4-5-15/h3,6,13,15H,1-2,4-5,7-12H2,(H2,22,23,28,29). The van der Waals surface area contributed by atoms with Crippen LogP contribution in [0.3, 0.4) is 0 Å². The third-order valence-electron chi connectivity index (χ3n) is 5.56. The van der Waals surface area contributed by atoms with Gasteiger partial charge in [-0.05, 0) is 37.8 Å². The van der Waals surface area contributed by atoms with Crippen molar-refractivity contribution in [1.82, 2.24) is 20.1 Å². The van der Waals surface area contributed by atoms with Crippen LogP contribution in [0.1, 0.15) is 38.1 Å². The maximum Gasteiger partial charge on any atom is 0.325 e. The summed E-state index contributed by atoms with van der Waals surface area (Å²) in [5, 5.41) is 14.7. The summed E-state index contributed by atoms with van der Waals surface area (Å²) in [6, 6.07) is 5.00. The number of carbonyl (C=O) groups is 2. The van der Waals surface area contributed by atoms with Gasteiger partial charge in [-0.1, -0.05) is 11.8 Å². The van der Waals surface area contributed by atoms with Crippen LogP contribution in [0.5, 0.6) is 11.5 Å². The molecule has 1 aromatic heterocycles. The maximum atomic E-state index is 12.2. The Labute approximate surface area is 190 Å². The predicted octanol–water partition coefficient (Wildman–Crippen LogP) is 2.81. The lowest BCUT2D eigenvalue weighted by molar-refractivity contribution is -0.119. The molecule has 2 fully saturated rings. The van der Waals surface area contributed by atoms with Crippen LogP contribution in [0.25, 0.3) is 0 Å². The Hall–Kier alpha value is -2.95. The van der Waals surface area contributed by atoms with E-state index in [-0.39, 0.29) is 12.3 Å². The van der Waals surface area contributed by atoms with E-state index in [4.69, 9.17) is 9.47 Å². The lowest BCUT2D eigenvalue weighted by atomic mass is 10.2. The first-order chi connectivity index (χ1) is 15.7. The van der Waals surface area contributed by atoms with Crippen molar-refractivity contribution in [3.63, 3.8) is 0 Å². The van der Waals surface area contributed by atoms with Crippen LogP contribution in [0.2, 0.25) is 0 Å². The highest BCUT2D eigenvalue weighted by molar-refractivity contribution is 7.99. The first kappa shape index (κ1) is 20.9. The van der Waals surface area contributed by atoms with Gasteiger partial charge < -0.3 is 19.7 Å². The SMILES string of the molecule is O=C(CCSc1nnc(N2CCCC2)n1C1CC1)NC(=O)Nc1ccc2c(c1)OCCO2. The van der Waals surface area contributed by atoms with Gasteiger partial charge in [0, 0.05) is 43.1 Å². The summed E-state index contributed by atoms with van der Waals surface area (Å²) in [7, 11) is 0. The molecule has 0 unspecified atom stereocenters. The summed E-state index contributed by atoms with van der Waals surface area (Å²) < 4.78 is 13.2. The topological polar surface area (TPSA) is 111 Å². The van der Waals surface area contributed by atoms with Crippen molar-refractivity contribution in [3.8, 4) is 11.5 Å². The molecule has 5 rings (SSSR count). The zero-order chi connectivity index (χ0) is 21.9. The zero-order valence-electron chi connectivity index (χ0n) is 17.7. The number of amides is 3. The van der Waals surface area contributed by atoms with E-state index in [9.17, 15) is 9.59 Å². The van der Waals surface area contributed by atoms with Gasteiger partial charge in [0.1, 0.15) is 13.2 Å². The van der Waals surface area contributed by atoms with Gasteiger partial charge in [-0.3, -0.25) is 14.7 Å². The average molecular weight is 459 g/mol. The van der Waals surface area contributed by atoms with Crippen LogP contribution >= 0.6 is 11.8 Å². The largest absolute Gasteiger partial charge is 0.486 e. The quantitative estimate of drug-likeness (QED) is 0.610. The van der Waals surface area contributed by atoms with Gasteiger partial charge in [0.05, 0.1) is 0 Å². The molecule has 1 saturated carbocycles. The van der Waals surface area contributed by atoms with E-state index in [1.807, 2.05) is 0 Å². The molecule has 10 nitrogen and oxygen atoms in total. The Morgan fingerprint density at radius 1 is 1.09 bits per heavy atom. The van der Waals surface area contributed by atoms with E-state index in [2.05, 4.69) is 30.3 Å². The molecule has 170 valence electrons. The van der Waals surface area contributed by atoms with Crippen LogP contribution in [-0.2, 0) is 4.79 Å². The van der Waals surface area contributed by atoms with Gasteiger partial charge >= 0.3 is 6.03 Å². The highest BCUT2D eigenvalue weighted by Gasteiger charge is 2.32. The number of fused-ring (bicyclic) bond motifs is 1. The van der Waals surface area contributed by atoms with Crippen LogP contribution in [0, 0.1) is 0 Å². The molecule has 1 aromatic carbocycles. The number of nitrogens with one attached hydrogen (secondary N) is 2. The minimum atomic E-state index is -0.575. The fraction of sp³-hybridized carbons (Fsp3) is 0.524. The summed E-state index contributed by atoms with van der Waals surface area (Å²) in [5.41, 5.74) is 0.529. The van der Waals surface area contributed by atoms with Gasteiger partial charge in [0.2, 0.25) is 11.9 Å². The van der Waals surface area contributed by atoms with Crippen LogP contribution in [-0.4, -0.2) is 58.8 Å². The molecule has 2 aromatic rings. The van der Waals surface area contributed by atoms with Crippen molar-refractivity contribution in [2.24, 2.45) is 0 Å². The number of aromatic nitrogens is 3. The number of hydrogen-bond donors (Lipinski definition) is 2. The van der Waals surface area contributed by atoms with Gasteiger partial charge in [0.25, 0.3) is 0 Å². The van der Waals surface area contributed by atoms with Crippen molar-refractivity contribution >= 4 is 35.3 Å². The average Bonchev–Trinajstić information content (AvgIpc) is 3.30. The number of carbonyl (C=O) groups excluding carboxylic acids is 2. The lowest BCUT2D eigenvalue weighted by Crippen LogP contribution is -2.34. The van der Waals surface area contributed by atoms with Crippen molar-refractivity contribution in [2.45, 2.75) is 43.3 Å². The molecule has 0 bridgehead atoms. The van der Waals surface area contributed by atoms with Crippen molar-refractivity contribution in [3.05, 3.63) is 18.2 Å². The molecular weight excluding hydrogens is 432 g/mol. The van der Waals surface area contributed by atoms with Crippen LogP contribution in [0.4, 0.5) is 16.4 Å². The Kier molecular flexibility index (Phi) is 6.06. The summed E-state index contributed by atoms with van der Waals surface area (Å²) in [6.07, 6.45) is 4.87. The number of rotatable bonds is 7. The van der Waals surface area contributed by atoms with Crippen molar-refractivity contribution in [1.29, 1.82) is 0 Å². The van der Waals surface area contributed by atoms with E-state index in [1.54, 1.807) is 18.2 Å². The smallest absolute Gasteiger partial charge is 0.325 e. The fourth-order valence-electron chi connectivity index (χ4n) is 3.86. The minimum absolute atomic E-state index is 0.204. The summed E-state index contributed by atoms with van der Waals surface area (Å²) in [4.78, 5) is 26.7. The fourth-order valence-corrected chi connectivity index (χ4v) is 4.80. The monoisotopic (exact) mass is 458 g/mol. The maximum absolute atomic E-state index is 12.2. The van der Waals surface area contributed by atoms with Crippen LogP contribution < -0.4 is 25.0 Å². The van der Waals surface area contributed by atoms with Crippen LogP contribution in [0.15, 0.2) is 23.4 Å². The molecule has 11 heteroatoms. The molecule has 3 heterocycles. The molecule has 2 aliphatic heterocycles. The molecule has 1 saturated heterocycles. The molecular formula is C21H26N6O4S. The van der Waals surface area contributed by atoms with Crippen molar-refractivity contribution in [2.75, 3.05) is 42.3 Å².